The van der Waals surface area contributed by atoms with E-state index in [0.717, 1.165) is 28.9 Å². The number of hydrogen-bond donors (Lipinski definition) is 1. The lowest BCUT2D eigenvalue weighted by Crippen LogP contribution is -2.03. The summed E-state index contributed by atoms with van der Waals surface area (Å²) in [7, 11) is 0. The van der Waals surface area contributed by atoms with Gasteiger partial charge in [0.1, 0.15) is 6.61 Å². The average Bonchev–Trinajstić information content (AvgIpc) is 2.67. The second kappa shape index (κ2) is 8.20. The summed E-state index contributed by atoms with van der Waals surface area (Å²) in [6.45, 7) is -0.0183. The lowest BCUT2D eigenvalue weighted by molar-refractivity contribution is 0.281. The highest BCUT2D eigenvalue weighted by Crippen LogP contribution is 2.23. The van der Waals surface area contributed by atoms with Crippen LogP contribution in [0.3, 0.4) is 0 Å². The summed E-state index contributed by atoms with van der Waals surface area (Å²) in [6, 6.07) is 18.5. The lowest BCUT2D eigenvalue weighted by Gasteiger charge is -2.10. The van der Waals surface area contributed by atoms with Gasteiger partial charge in [-0.2, -0.15) is 9.49 Å². The van der Waals surface area contributed by atoms with Gasteiger partial charge in [0.15, 0.2) is 17.4 Å². The maximum Gasteiger partial charge on any atom is 0.203 e. The number of anilines is 1. The number of hydrogen-bond acceptors (Lipinski definition) is 3. The lowest BCUT2D eigenvalue weighted by atomic mass is 10.1. The van der Waals surface area contributed by atoms with Crippen LogP contribution in [0.15, 0.2) is 71.8 Å². The van der Waals surface area contributed by atoms with Crippen molar-refractivity contribution in [3.63, 3.8) is 0 Å². The monoisotopic (exact) mass is 356 g/mol. The summed E-state index contributed by atoms with van der Waals surface area (Å²) in [5.74, 6) is -4.50. The maximum atomic E-state index is 13.7. The Kier molecular flexibility index (Phi) is 5.53. The van der Waals surface area contributed by atoms with E-state index < -0.39 is 17.5 Å². The molecule has 0 bridgehead atoms. The highest BCUT2D eigenvalue weighted by atomic mass is 19.2. The van der Waals surface area contributed by atoms with Crippen LogP contribution in [0.25, 0.3) is 0 Å². The Balaban J connectivity index is 1.70. The van der Waals surface area contributed by atoms with Crippen molar-refractivity contribution in [1.82, 2.24) is 0 Å². The molecule has 132 valence electrons. The van der Waals surface area contributed by atoms with Crippen molar-refractivity contribution in [3.8, 4) is 5.75 Å². The standard InChI is InChI=1S/C20H15F3N2O/c21-17-10-11-18(20(23)19(17)22)26-13-15-7-5-4-6-14(15)12-24-25-16-8-2-1-3-9-16/h1-12,25H,13H2. The molecule has 0 aliphatic rings. The van der Waals surface area contributed by atoms with Gasteiger partial charge in [0, 0.05) is 5.56 Å². The molecule has 3 aromatic rings. The zero-order valence-electron chi connectivity index (χ0n) is 13.6. The molecule has 0 saturated carbocycles. The summed E-state index contributed by atoms with van der Waals surface area (Å²) >= 11 is 0. The third kappa shape index (κ3) is 4.22. The van der Waals surface area contributed by atoms with Crippen molar-refractivity contribution >= 4 is 11.9 Å². The second-order valence-electron chi connectivity index (χ2n) is 5.40. The number of para-hydroxylation sites is 1. The first kappa shape index (κ1) is 17.5. The number of nitrogens with zero attached hydrogens (tertiary/aromatic N) is 1. The number of benzene rings is 3. The van der Waals surface area contributed by atoms with Crippen molar-refractivity contribution in [1.29, 1.82) is 0 Å². The first-order valence-corrected chi connectivity index (χ1v) is 7.83. The Labute approximate surface area is 148 Å². The molecule has 0 amide bonds. The highest BCUT2D eigenvalue weighted by Gasteiger charge is 2.14. The Morgan fingerprint density at radius 2 is 1.58 bits per heavy atom. The summed E-state index contributed by atoms with van der Waals surface area (Å²) < 4.78 is 45.2. The predicted molar refractivity (Wildman–Crippen MR) is 94.7 cm³/mol. The van der Waals surface area contributed by atoms with Crippen molar-refractivity contribution in [2.45, 2.75) is 6.61 Å². The quantitative estimate of drug-likeness (QED) is 0.377. The Bertz CT molecular complexity index is 914. The van der Waals surface area contributed by atoms with E-state index >= 15 is 0 Å². The van der Waals surface area contributed by atoms with Crippen molar-refractivity contribution in [3.05, 3.63) is 95.3 Å². The summed E-state index contributed by atoms with van der Waals surface area (Å²) in [4.78, 5) is 0. The van der Waals surface area contributed by atoms with Crippen LogP contribution in [0.1, 0.15) is 11.1 Å². The van der Waals surface area contributed by atoms with E-state index in [1.54, 1.807) is 18.3 Å². The molecular weight excluding hydrogens is 341 g/mol. The number of hydrazone groups is 1. The molecule has 0 aliphatic carbocycles. The molecule has 0 aliphatic heterocycles. The molecule has 0 radical (unpaired) electrons. The van der Waals surface area contributed by atoms with Crippen LogP contribution in [0.2, 0.25) is 0 Å². The fourth-order valence-corrected chi connectivity index (χ4v) is 2.26. The van der Waals surface area contributed by atoms with E-state index in [1.165, 1.54) is 0 Å². The normalized spacial score (nSPS) is 10.9. The summed E-state index contributed by atoms with van der Waals surface area (Å²) in [5.41, 5.74) is 5.20. The molecule has 0 fully saturated rings. The van der Waals surface area contributed by atoms with Gasteiger partial charge in [0.2, 0.25) is 5.82 Å². The predicted octanol–water partition coefficient (Wildman–Crippen LogP) is 5.13. The number of ether oxygens (including phenoxy) is 1. The summed E-state index contributed by atoms with van der Waals surface area (Å²) in [6.07, 6.45) is 1.60. The van der Waals surface area contributed by atoms with E-state index in [9.17, 15) is 13.2 Å². The smallest absolute Gasteiger partial charge is 0.203 e. The molecule has 0 spiro atoms. The first-order valence-electron chi connectivity index (χ1n) is 7.83. The first-order chi connectivity index (χ1) is 12.6. The summed E-state index contributed by atoms with van der Waals surface area (Å²) in [5, 5.41) is 4.16. The van der Waals surface area contributed by atoms with Gasteiger partial charge in [-0.25, -0.2) is 8.78 Å². The topological polar surface area (TPSA) is 33.6 Å². The fraction of sp³-hybridized carbons (Fsp3) is 0.0500. The van der Waals surface area contributed by atoms with Crippen LogP contribution < -0.4 is 10.2 Å². The van der Waals surface area contributed by atoms with E-state index in [-0.39, 0.29) is 12.4 Å². The molecule has 0 unspecified atom stereocenters. The van der Waals surface area contributed by atoms with Gasteiger partial charge in [-0.3, -0.25) is 5.43 Å². The highest BCUT2D eigenvalue weighted by molar-refractivity contribution is 5.82. The van der Waals surface area contributed by atoms with Crippen LogP contribution in [0.5, 0.6) is 5.75 Å². The molecule has 1 N–H and O–H groups in total. The fourth-order valence-electron chi connectivity index (χ4n) is 2.26. The second-order valence-corrected chi connectivity index (χ2v) is 5.40. The molecule has 0 saturated heterocycles. The molecule has 0 aromatic heterocycles. The third-order valence-electron chi connectivity index (χ3n) is 3.61. The average molecular weight is 356 g/mol. The molecule has 3 nitrogen and oxygen atoms in total. The van der Waals surface area contributed by atoms with Gasteiger partial charge in [0.25, 0.3) is 0 Å². The van der Waals surface area contributed by atoms with Crippen LogP contribution in [-0.2, 0) is 6.61 Å². The minimum atomic E-state index is -1.55. The largest absolute Gasteiger partial charge is 0.486 e. The molecule has 0 heterocycles. The molecule has 0 atom stereocenters. The van der Waals surface area contributed by atoms with Gasteiger partial charge in [-0.15, -0.1) is 0 Å². The Morgan fingerprint density at radius 3 is 2.38 bits per heavy atom. The van der Waals surface area contributed by atoms with Gasteiger partial charge in [-0.1, -0.05) is 42.5 Å². The van der Waals surface area contributed by atoms with E-state index in [1.807, 2.05) is 42.5 Å². The maximum absolute atomic E-state index is 13.7. The van der Waals surface area contributed by atoms with Gasteiger partial charge >= 0.3 is 0 Å². The molecule has 6 heteroatoms. The van der Waals surface area contributed by atoms with Crippen molar-refractivity contribution < 1.29 is 17.9 Å². The Hall–Kier alpha value is -3.28. The van der Waals surface area contributed by atoms with E-state index in [4.69, 9.17) is 4.74 Å². The van der Waals surface area contributed by atoms with Crippen LogP contribution >= 0.6 is 0 Å². The van der Waals surface area contributed by atoms with E-state index in [0.29, 0.717) is 0 Å². The number of nitrogens with one attached hydrogen (secondary N) is 1. The number of halogens is 3. The zero-order chi connectivity index (χ0) is 18.4. The van der Waals surface area contributed by atoms with Crippen molar-refractivity contribution in [2.24, 2.45) is 5.10 Å². The molecular formula is C20H15F3N2O. The van der Waals surface area contributed by atoms with Gasteiger partial charge in [-0.05, 0) is 29.8 Å². The van der Waals surface area contributed by atoms with Crippen molar-refractivity contribution in [2.75, 3.05) is 5.43 Å². The molecule has 3 aromatic carbocycles. The SMILES string of the molecule is Fc1ccc(OCc2ccccc2C=NNc2ccccc2)c(F)c1F. The van der Waals surface area contributed by atoms with Gasteiger partial charge < -0.3 is 4.74 Å². The number of rotatable bonds is 6. The van der Waals surface area contributed by atoms with Crippen LogP contribution in [0, 0.1) is 17.5 Å². The zero-order valence-corrected chi connectivity index (χ0v) is 13.6. The minimum absolute atomic E-state index is 0.0183. The molecule has 3 rings (SSSR count). The van der Waals surface area contributed by atoms with Gasteiger partial charge in [0.05, 0.1) is 11.9 Å². The Morgan fingerprint density at radius 1 is 0.846 bits per heavy atom. The van der Waals surface area contributed by atoms with Crippen LogP contribution in [0.4, 0.5) is 18.9 Å². The van der Waals surface area contributed by atoms with E-state index in [2.05, 4.69) is 10.5 Å². The molecule has 26 heavy (non-hydrogen) atoms. The third-order valence-corrected chi connectivity index (χ3v) is 3.61. The minimum Gasteiger partial charge on any atom is -0.486 e. The van der Waals surface area contributed by atoms with Crippen LogP contribution in [-0.4, -0.2) is 6.21 Å².